The van der Waals surface area contributed by atoms with Crippen molar-refractivity contribution in [3.05, 3.63) is 103 Å². The van der Waals surface area contributed by atoms with Gasteiger partial charge in [-0.3, -0.25) is 4.98 Å². The third kappa shape index (κ3) is 4.98. The first-order chi connectivity index (χ1) is 18.7. The van der Waals surface area contributed by atoms with E-state index in [2.05, 4.69) is 56.4 Å². The molecule has 194 valence electrons. The van der Waals surface area contributed by atoms with Crippen LogP contribution in [-0.2, 0) is 0 Å². The van der Waals surface area contributed by atoms with Gasteiger partial charge >= 0.3 is 0 Å². The van der Waals surface area contributed by atoms with Gasteiger partial charge in [0.05, 0.1) is 24.9 Å². The van der Waals surface area contributed by atoms with Crippen molar-refractivity contribution < 1.29 is 9.47 Å². The zero-order valence-electron chi connectivity index (χ0n) is 21.5. The number of aromatic nitrogens is 2. The van der Waals surface area contributed by atoms with E-state index in [9.17, 15) is 0 Å². The number of thiocarbonyl (C=S) groups is 1. The molecule has 38 heavy (non-hydrogen) atoms. The highest BCUT2D eigenvalue weighted by Crippen LogP contribution is 2.42. The van der Waals surface area contributed by atoms with Crippen molar-refractivity contribution in [1.29, 1.82) is 0 Å². The minimum Gasteiger partial charge on any atom is -0.497 e. The summed E-state index contributed by atoms with van der Waals surface area (Å²) >= 11 is 5.91. The highest BCUT2D eigenvalue weighted by Gasteiger charge is 2.41. The molecule has 7 heteroatoms. The number of ether oxygens (including phenoxy) is 2. The molecule has 1 N–H and O–H groups in total. The van der Waals surface area contributed by atoms with Gasteiger partial charge in [-0.05, 0) is 97.4 Å². The van der Waals surface area contributed by atoms with Gasteiger partial charge in [-0.2, -0.15) is 0 Å². The molecule has 1 saturated carbocycles. The Labute approximate surface area is 229 Å². The molecule has 2 atom stereocenters. The van der Waals surface area contributed by atoms with Gasteiger partial charge in [0, 0.05) is 30.3 Å². The first-order valence-corrected chi connectivity index (χ1v) is 13.7. The zero-order valence-corrected chi connectivity index (χ0v) is 22.3. The van der Waals surface area contributed by atoms with E-state index in [1.54, 1.807) is 7.11 Å². The van der Waals surface area contributed by atoms with Crippen molar-refractivity contribution in [2.24, 2.45) is 0 Å². The zero-order chi connectivity index (χ0) is 25.9. The van der Waals surface area contributed by atoms with Crippen LogP contribution in [0, 0.1) is 0 Å². The smallest absolute Gasteiger partial charge is 0.174 e. The Hall–Kier alpha value is -3.84. The third-order valence-corrected chi connectivity index (χ3v) is 7.90. The lowest BCUT2D eigenvalue weighted by molar-refractivity contribution is 0.353. The average Bonchev–Trinajstić information content (AvgIpc) is 3.60. The third-order valence-electron chi connectivity index (χ3n) is 7.58. The van der Waals surface area contributed by atoms with Gasteiger partial charge in [0.15, 0.2) is 5.11 Å². The highest BCUT2D eigenvalue weighted by molar-refractivity contribution is 7.80. The van der Waals surface area contributed by atoms with Crippen molar-refractivity contribution in [3.8, 4) is 17.2 Å². The van der Waals surface area contributed by atoms with Crippen LogP contribution in [0.5, 0.6) is 17.2 Å². The van der Waals surface area contributed by atoms with Crippen molar-refractivity contribution in [3.63, 3.8) is 0 Å². The lowest BCUT2D eigenvalue weighted by atomic mass is 9.95. The molecule has 4 aromatic rings. The van der Waals surface area contributed by atoms with Crippen LogP contribution in [0.3, 0.4) is 0 Å². The molecule has 2 aromatic heterocycles. The summed E-state index contributed by atoms with van der Waals surface area (Å²) in [6.45, 7) is 0. The Bertz CT molecular complexity index is 1370. The average molecular weight is 525 g/mol. The van der Waals surface area contributed by atoms with Gasteiger partial charge in [-0.1, -0.05) is 25.3 Å². The molecule has 1 saturated heterocycles. The van der Waals surface area contributed by atoms with Crippen LogP contribution in [0.2, 0.25) is 0 Å². The molecule has 0 spiro atoms. The number of pyridine rings is 1. The quantitative estimate of drug-likeness (QED) is 0.255. The van der Waals surface area contributed by atoms with E-state index in [1.807, 2.05) is 54.7 Å². The maximum Gasteiger partial charge on any atom is 0.174 e. The topological polar surface area (TPSA) is 51.6 Å². The Morgan fingerprint density at radius 2 is 1.58 bits per heavy atom. The number of nitrogens with one attached hydrogen (secondary N) is 1. The van der Waals surface area contributed by atoms with E-state index in [-0.39, 0.29) is 12.1 Å². The van der Waals surface area contributed by atoms with E-state index in [1.165, 1.54) is 37.7 Å². The Kier molecular flexibility index (Phi) is 7.01. The van der Waals surface area contributed by atoms with Crippen LogP contribution < -0.4 is 19.7 Å². The number of nitrogens with zero attached hydrogens (tertiary/aromatic N) is 3. The second kappa shape index (κ2) is 10.9. The Balaban J connectivity index is 1.30. The van der Waals surface area contributed by atoms with Crippen LogP contribution in [0.15, 0.2) is 91.4 Å². The Morgan fingerprint density at radius 3 is 2.26 bits per heavy atom. The number of hydrogen-bond acceptors (Lipinski definition) is 4. The number of rotatable bonds is 7. The van der Waals surface area contributed by atoms with Crippen LogP contribution in [-0.4, -0.2) is 21.8 Å². The second-order valence-corrected chi connectivity index (χ2v) is 10.3. The van der Waals surface area contributed by atoms with E-state index in [4.69, 9.17) is 21.7 Å². The summed E-state index contributed by atoms with van der Waals surface area (Å²) in [4.78, 5) is 6.90. The summed E-state index contributed by atoms with van der Waals surface area (Å²) in [5.74, 6) is 2.32. The summed E-state index contributed by atoms with van der Waals surface area (Å²) in [6.07, 6.45) is 12.9. The van der Waals surface area contributed by atoms with Gasteiger partial charge in [-0.25, -0.2) is 0 Å². The maximum atomic E-state index is 6.06. The molecule has 2 aliphatic rings. The fraction of sp³-hybridized carbons (Fsp3) is 0.290. The summed E-state index contributed by atoms with van der Waals surface area (Å²) < 4.78 is 13.7. The molecule has 0 bridgehead atoms. The monoisotopic (exact) mass is 524 g/mol. The van der Waals surface area contributed by atoms with E-state index < -0.39 is 0 Å². The highest BCUT2D eigenvalue weighted by atomic mass is 32.1. The predicted molar refractivity (Wildman–Crippen MR) is 154 cm³/mol. The fourth-order valence-electron chi connectivity index (χ4n) is 5.64. The molecule has 0 radical (unpaired) electrons. The molecule has 6 rings (SSSR count). The number of benzene rings is 2. The summed E-state index contributed by atoms with van der Waals surface area (Å²) in [5, 5.41) is 4.26. The molecule has 1 aliphatic heterocycles. The molecule has 1 aliphatic carbocycles. The summed E-state index contributed by atoms with van der Waals surface area (Å²) in [5.41, 5.74) is 3.22. The second-order valence-electron chi connectivity index (χ2n) is 9.95. The van der Waals surface area contributed by atoms with Crippen LogP contribution in [0.4, 0.5) is 5.69 Å². The molecule has 3 heterocycles. The summed E-state index contributed by atoms with van der Waals surface area (Å²) in [6, 6.07) is 24.5. The molecule has 2 aromatic carbocycles. The van der Waals surface area contributed by atoms with Crippen molar-refractivity contribution >= 4 is 23.0 Å². The Morgan fingerprint density at radius 1 is 0.868 bits per heavy atom. The molecule has 6 nitrogen and oxygen atoms in total. The van der Waals surface area contributed by atoms with Gasteiger partial charge in [0.2, 0.25) is 0 Å². The minimum absolute atomic E-state index is 0.0180. The van der Waals surface area contributed by atoms with E-state index >= 15 is 0 Å². The number of anilines is 1. The molecular weight excluding hydrogens is 492 g/mol. The normalized spacial score (nSPS) is 19.8. The van der Waals surface area contributed by atoms with Gasteiger partial charge < -0.3 is 24.3 Å². The SMILES string of the molecule is COc1ccc(Oc2ccc(N3C(=S)N[C@H](c4ccccn4)[C@@H]3c3ccn(C4CCCCC4)c3)cc2)cc1. The minimum atomic E-state index is -0.0545. The number of hydrogen-bond donors (Lipinski definition) is 1. The molecular formula is C31H32N4O2S. The van der Waals surface area contributed by atoms with Gasteiger partial charge in [0.1, 0.15) is 17.2 Å². The van der Waals surface area contributed by atoms with Crippen LogP contribution in [0.25, 0.3) is 0 Å². The first-order valence-electron chi connectivity index (χ1n) is 13.3. The van der Waals surface area contributed by atoms with Gasteiger partial charge in [-0.15, -0.1) is 0 Å². The molecule has 0 unspecified atom stereocenters. The van der Waals surface area contributed by atoms with Crippen molar-refractivity contribution in [2.75, 3.05) is 12.0 Å². The number of methoxy groups -OCH3 is 1. The molecule has 2 fully saturated rings. The first kappa shape index (κ1) is 24.5. The van der Waals surface area contributed by atoms with Gasteiger partial charge in [0.25, 0.3) is 0 Å². The standard InChI is InChI=1S/C31H32N4O2S/c1-36-25-14-16-27(17-15-25)37-26-12-10-24(11-13-26)35-30(29(33-31(35)38)28-9-5-6-19-32-28)22-18-20-34(21-22)23-7-3-2-4-8-23/h5-6,9-21,23,29-30H,2-4,7-8H2,1H3,(H,33,38)/t29-,30+/m1/s1. The van der Waals surface area contributed by atoms with Crippen LogP contribution >= 0.6 is 12.2 Å². The lowest BCUT2D eigenvalue weighted by Crippen LogP contribution is -2.29. The maximum absolute atomic E-state index is 6.06. The predicted octanol–water partition coefficient (Wildman–Crippen LogP) is 7.37. The fourth-order valence-corrected chi connectivity index (χ4v) is 5.98. The van der Waals surface area contributed by atoms with E-state index in [0.29, 0.717) is 11.2 Å². The summed E-state index contributed by atoms with van der Waals surface area (Å²) in [7, 11) is 1.66. The molecule has 0 amide bonds. The lowest BCUT2D eigenvalue weighted by Gasteiger charge is -2.28. The largest absolute Gasteiger partial charge is 0.497 e. The van der Waals surface area contributed by atoms with Crippen LogP contribution in [0.1, 0.15) is 61.5 Å². The van der Waals surface area contributed by atoms with Crippen molar-refractivity contribution in [2.45, 2.75) is 50.2 Å². The van der Waals surface area contributed by atoms with E-state index in [0.717, 1.165) is 28.6 Å². The van der Waals surface area contributed by atoms with Crippen molar-refractivity contribution in [1.82, 2.24) is 14.9 Å².